The predicted molar refractivity (Wildman–Crippen MR) is 125 cm³/mol. The van der Waals surface area contributed by atoms with Crippen molar-refractivity contribution in [3.05, 3.63) is 88.0 Å². The molecule has 4 rings (SSSR count). The van der Waals surface area contributed by atoms with Crippen LogP contribution in [0, 0.1) is 20.8 Å². The number of nitrogen functional groups attached to an aromatic ring is 1. The minimum absolute atomic E-state index is 0.0661. The number of aromatic hydroxyl groups is 1. The summed E-state index contributed by atoms with van der Waals surface area (Å²) in [7, 11) is 0. The number of hydrogen-bond acceptors (Lipinski definition) is 4. The van der Waals surface area contributed by atoms with E-state index in [0.717, 1.165) is 52.2 Å². The number of nitrogens with two attached hydrogens (primary N) is 1. The third-order valence-corrected chi connectivity index (χ3v) is 6.28. The number of rotatable bonds is 4. The number of phenols is 1. The lowest BCUT2D eigenvalue weighted by Gasteiger charge is -2.36. The molecule has 5 heteroatoms. The molecule has 1 heterocycles. The number of amides is 1. The molecule has 1 aliphatic rings. The smallest absolute Gasteiger partial charge is 0.246 e. The van der Waals surface area contributed by atoms with Gasteiger partial charge < -0.3 is 16.2 Å². The van der Waals surface area contributed by atoms with Gasteiger partial charge in [-0.3, -0.25) is 9.69 Å². The fraction of sp³-hybridized carbons (Fsp3) is 0.269. The lowest BCUT2D eigenvalue weighted by Crippen LogP contribution is -2.41. The Morgan fingerprint density at radius 2 is 1.87 bits per heavy atom. The van der Waals surface area contributed by atoms with E-state index in [-0.39, 0.29) is 11.7 Å². The third kappa shape index (κ3) is 4.14. The molecule has 0 radical (unpaired) electrons. The first kappa shape index (κ1) is 20.9. The highest BCUT2D eigenvalue weighted by Crippen LogP contribution is 2.34. The Kier molecular flexibility index (Phi) is 5.70. The second-order valence-electron chi connectivity index (χ2n) is 8.40. The van der Waals surface area contributed by atoms with Crippen LogP contribution in [0.4, 0.5) is 11.4 Å². The number of carbonyl (C=O) groups is 1. The third-order valence-electron chi connectivity index (χ3n) is 6.28. The predicted octanol–water partition coefficient (Wildman–Crippen LogP) is 4.64. The van der Waals surface area contributed by atoms with E-state index in [0.29, 0.717) is 6.54 Å². The van der Waals surface area contributed by atoms with Gasteiger partial charge in [0.15, 0.2) is 0 Å². The largest absolute Gasteiger partial charge is 0.507 e. The number of nitrogens with one attached hydrogen (secondary N) is 1. The maximum Gasteiger partial charge on any atom is 0.246 e. The fourth-order valence-corrected chi connectivity index (χ4v) is 4.42. The van der Waals surface area contributed by atoms with Crippen LogP contribution < -0.4 is 11.1 Å². The Labute approximate surface area is 183 Å². The van der Waals surface area contributed by atoms with Gasteiger partial charge in [0.25, 0.3) is 0 Å². The molecule has 1 atom stereocenters. The topological polar surface area (TPSA) is 78.6 Å². The highest BCUT2D eigenvalue weighted by molar-refractivity contribution is 5.97. The van der Waals surface area contributed by atoms with Gasteiger partial charge in [-0.05, 0) is 78.8 Å². The molecule has 3 aromatic rings. The number of benzene rings is 3. The quantitative estimate of drug-likeness (QED) is 0.429. The van der Waals surface area contributed by atoms with Crippen molar-refractivity contribution < 1.29 is 9.90 Å². The highest BCUT2D eigenvalue weighted by Gasteiger charge is 2.33. The van der Waals surface area contributed by atoms with Crippen LogP contribution in [-0.4, -0.2) is 22.5 Å². The number of fused-ring (bicyclic) bond motifs is 1. The van der Waals surface area contributed by atoms with Crippen molar-refractivity contribution in [3.63, 3.8) is 0 Å². The molecule has 0 fully saturated rings. The average Bonchev–Trinajstić information content (AvgIpc) is 2.75. The summed E-state index contributed by atoms with van der Waals surface area (Å²) in [6.07, 6.45) is 0.902. The Balaban J connectivity index is 1.68. The van der Waals surface area contributed by atoms with Crippen molar-refractivity contribution >= 4 is 17.3 Å². The van der Waals surface area contributed by atoms with Crippen molar-refractivity contribution in [3.8, 4) is 5.75 Å². The molecule has 0 saturated heterocycles. The standard InChI is InChI=1S/C26H29N3O2/c1-16-13-23(17(2)18(3)25(16)30)28-26(31)24-22-10-5-4-8-20(22)11-12-29(24)15-19-7-6-9-21(27)14-19/h4-10,13-14,24,30H,11-12,15,27H2,1-3H3,(H,28,31). The second kappa shape index (κ2) is 8.44. The summed E-state index contributed by atoms with van der Waals surface area (Å²) < 4.78 is 0. The zero-order valence-electron chi connectivity index (χ0n) is 18.3. The number of aryl methyl sites for hydroxylation is 1. The van der Waals surface area contributed by atoms with E-state index in [1.54, 1.807) is 0 Å². The van der Waals surface area contributed by atoms with Gasteiger partial charge in [-0.25, -0.2) is 0 Å². The molecular weight excluding hydrogens is 386 g/mol. The molecule has 1 amide bonds. The molecule has 4 N–H and O–H groups in total. The van der Waals surface area contributed by atoms with Crippen LogP contribution in [0.15, 0.2) is 54.6 Å². The van der Waals surface area contributed by atoms with E-state index < -0.39 is 6.04 Å². The summed E-state index contributed by atoms with van der Waals surface area (Å²) in [5, 5.41) is 13.4. The number of nitrogens with zero attached hydrogens (tertiary/aromatic N) is 1. The monoisotopic (exact) mass is 415 g/mol. The summed E-state index contributed by atoms with van der Waals surface area (Å²) in [5.41, 5.74) is 13.2. The van der Waals surface area contributed by atoms with E-state index in [4.69, 9.17) is 5.73 Å². The lowest BCUT2D eigenvalue weighted by molar-refractivity contribution is -0.122. The first-order valence-electron chi connectivity index (χ1n) is 10.6. The summed E-state index contributed by atoms with van der Waals surface area (Å²) in [4.78, 5) is 15.8. The first-order chi connectivity index (χ1) is 14.8. The zero-order valence-corrected chi connectivity index (χ0v) is 18.3. The van der Waals surface area contributed by atoms with Crippen LogP contribution in [0.2, 0.25) is 0 Å². The van der Waals surface area contributed by atoms with Crippen LogP contribution in [-0.2, 0) is 17.8 Å². The maximum absolute atomic E-state index is 13.6. The van der Waals surface area contributed by atoms with Gasteiger partial charge in [-0.1, -0.05) is 36.4 Å². The van der Waals surface area contributed by atoms with Crippen LogP contribution >= 0.6 is 0 Å². The molecular formula is C26H29N3O2. The van der Waals surface area contributed by atoms with Crippen LogP contribution in [0.5, 0.6) is 5.75 Å². The minimum atomic E-state index is -0.403. The van der Waals surface area contributed by atoms with Crippen LogP contribution in [0.3, 0.4) is 0 Å². The summed E-state index contributed by atoms with van der Waals surface area (Å²) in [6.45, 7) is 7.07. The number of hydrogen-bond donors (Lipinski definition) is 3. The van der Waals surface area contributed by atoms with E-state index in [2.05, 4.69) is 16.3 Å². The van der Waals surface area contributed by atoms with Gasteiger partial charge in [0, 0.05) is 24.5 Å². The highest BCUT2D eigenvalue weighted by atomic mass is 16.3. The molecule has 0 saturated carbocycles. The summed E-state index contributed by atoms with van der Waals surface area (Å²) in [5.74, 6) is 0.213. The fourth-order valence-electron chi connectivity index (χ4n) is 4.42. The lowest BCUT2D eigenvalue weighted by atomic mass is 9.91. The molecule has 31 heavy (non-hydrogen) atoms. The van der Waals surface area contributed by atoms with E-state index in [1.165, 1.54) is 5.56 Å². The van der Waals surface area contributed by atoms with Gasteiger partial charge in [-0.2, -0.15) is 0 Å². The first-order valence-corrected chi connectivity index (χ1v) is 10.6. The molecule has 0 spiro atoms. The summed E-state index contributed by atoms with van der Waals surface area (Å²) in [6, 6.07) is 17.4. The average molecular weight is 416 g/mol. The molecule has 0 aromatic heterocycles. The van der Waals surface area contributed by atoms with E-state index in [9.17, 15) is 9.90 Å². The maximum atomic E-state index is 13.6. The molecule has 5 nitrogen and oxygen atoms in total. The zero-order chi connectivity index (χ0) is 22.1. The van der Waals surface area contributed by atoms with Crippen molar-refractivity contribution in [2.75, 3.05) is 17.6 Å². The van der Waals surface area contributed by atoms with E-state index in [1.807, 2.05) is 69.3 Å². The number of anilines is 2. The summed E-state index contributed by atoms with van der Waals surface area (Å²) >= 11 is 0. The molecule has 3 aromatic carbocycles. The van der Waals surface area contributed by atoms with Crippen molar-refractivity contribution in [2.24, 2.45) is 0 Å². The second-order valence-corrected chi connectivity index (χ2v) is 8.40. The van der Waals surface area contributed by atoms with Gasteiger partial charge in [0.1, 0.15) is 11.8 Å². The molecule has 0 bridgehead atoms. The van der Waals surface area contributed by atoms with Gasteiger partial charge in [0.05, 0.1) is 0 Å². The van der Waals surface area contributed by atoms with Crippen LogP contribution in [0.25, 0.3) is 0 Å². The van der Waals surface area contributed by atoms with Crippen LogP contribution in [0.1, 0.15) is 39.4 Å². The Morgan fingerprint density at radius 3 is 2.65 bits per heavy atom. The van der Waals surface area contributed by atoms with Crippen molar-refractivity contribution in [1.29, 1.82) is 0 Å². The number of phenolic OH excluding ortho intramolecular Hbond substituents is 1. The minimum Gasteiger partial charge on any atom is -0.507 e. The molecule has 0 aliphatic carbocycles. The number of carbonyl (C=O) groups excluding carboxylic acids is 1. The SMILES string of the molecule is Cc1cc(NC(=O)C2c3ccccc3CCN2Cc2cccc(N)c2)c(C)c(C)c1O. The molecule has 1 aliphatic heterocycles. The van der Waals surface area contributed by atoms with Gasteiger partial charge >= 0.3 is 0 Å². The normalized spacial score (nSPS) is 16.0. The molecule has 160 valence electrons. The molecule has 1 unspecified atom stereocenters. The van der Waals surface area contributed by atoms with E-state index >= 15 is 0 Å². The Hall–Kier alpha value is -3.31. The Bertz CT molecular complexity index is 1140. The Morgan fingerprint density at radius 1 is 1.10 bits per heavy atom. The van der Waals surface area contributed by atoms with Crippen molar-refractivity contribution in [2.45, 2.75) is 39.8 Å². The van der Waals surface area contributed by atoms with Gasteiger partial charge in [0.2, 0.25) is 5.91 Å². The van der Waals surface area contributed by atoms with Gasteiger partial charge in [-0.15, -0.1) is 0 Å². The van der Waals surface area contributed by atoms with Crippen molar-refractivity contribution in [1.82, 2.24) is 4.90 Å².